The van der Waals surface area contributed by atoms with E-state index in [2.05, 4.69) is 28.6 Å². The molecule has 0 radical (unpaired) electrons. The van der Waals surface area contributed by atoms with Gasteiger partial charge in [-0.3, -0.25) is 19.1 Å². The highest BCUT2D eigenvalue weighted by Crippen LogP contribution is 2.39. The van der Waals surface area contributed by atoms with Gasteiger partial charge in [-0.2, -0.15) is 0 Å². The number of nitrogens with zero attached hydrogens (tertiary/aromatic N) is 6. The zero-order valence-corrected chi connectivity index (χ0v) is 20.9. The monoisotopic (exact) mass is 496 g/mol. The minimum Gasteiger partial charge on any atom is -0.342 e. The van der Waals surface area contributed by atoms with E-state index in [9.17, 15) is 9.59 Å². The first-order chi connectivity index (χ1) is 16.4. The zero-order valence-electron chi connectivity index (χ0n) is 19.3. The molecular formula is C24H25ClN6O2S. The Kier molecular flexibility index (Phi) is 5.99. The second-order valence-electron chi connectivity index (χ2n) is 8.63. The van der Waals surface area contributed by atoms with E-state index in [-0.39, 0.29) is 12.3 Å². The number of hydrogen-bond donors (Lipinski definition) is 0. The van der Waals surface area contributed by atoms with Crippen LogP contribution in [0.3, 0.4) is 0 Å². The van der Waals surface area contributed by atoms with Gasteiger partial charge in [-0.25, -0.2) is 0 Å². The van der Waals surface area contributed by atoms with Crippen LogP contribution in [0.5, 0.6) is 0 Å². The number of halogens is 1. The predicted octanol–water partition coefficient (Wildman–Crippen LogP) is 3.49. The minimum absolute atomic E-state index is 0.000107. The fourth-order valence-electron chi connectivity index (χ4n) is 4.50. The van der Waals surface area contributed by atoms with Crippen LogP contribution in [0.2, 0.25) is 5.02 Å². The van der Waals surface area contributed by atoms with Crippen LogP contribution in [0.25, 0.3) is 5.00 Å². The van der Waals surface area contributed by atoms with E-state index in [1.165, 1.54) is 4.88 Å². The Labute approximate surface area is 206 Å². The molecule has 0 bridgehead atoms. The van der Waals surface area contributed by atoms with Gasteiger partial charge in [-0.15, -0.1) is 21.5 Å². The quantitative estimate of drug-likeness (QED) is 0.517. The third-order valence-electron chi connectivity index (χ3n) is 6.54. The highest BCUT2D eigenvalue weighted by atomic mass is 35.5. The van der Waals surface area contributed by atoms with Crippen LogP contribution in [-0.4, -0.2) is 68.8 Å². The van der Waals surface area contributed by atoms with E-state index >= 15 is 0 Å². The molecule has 34 heavy (non-hydrogen) atoms. The number of amides is 2. The van der Waals surface area contributed by atoms with Crippen molar-refractivity contribution < 1.29 is 9.59 Å². The van der Waals surface area contributed by atoms with Crippen molar-refractivity contribution in [1.29, 1.82) is 0 Å². The summed E-state index contributed by atoms with van der Waals surface area (Å²) >= 11 is 7.85. The maximum Gasteiger partial charge on any atom is 0.225 e. The normalized spacial score (nSPS) is 17.6. The van der Waals surface area contributed by atoms with Gasteiger partial charge in [0.25, 0.3) is 0 Å². The molecule has 2 amide bonds. The van der Waals surface area contributed by atoms with E-state index < -0.39 is 6.04 Å². The van der Waals surface area contributed by atoms with Gasteiger partial charge in [-0.05, 0) is 38.5 Å². The summed E-state index contributed by atoms with van der Waals surface area (Å²) in [6.07, 6.45) is 1.02. The lowest BCUT2D eigenvalue weighted by molar-refractivity contribution is -0.135. The molecule has 1 saturated heterocycles. The van der Waals surface area contributed by atoms with Crippen LogP contribution >= 0.6 is 22.9 Å². The van der Waals surface area contributed by atoms with Crippen LogP contribution in [-0.2, 0) is 9.59 Å². The maximum absolute atomic E-state index is 13.3. The number of fused-ring (bicyclic) bond motifs is 3. The molecule has 1 atom stereocenters. The third-order valence-corrected chi connectivity index (χ3v) is 7.99. The molecule has 0 unspecified atom stereocenters. The first-order valence-corrected chi connectivity index (χ1v) is 12.4. The second-order valence-corrected chi connectivity index (χ2v) is 10.3. The maximum atomic E-state index is 13.3. The Hall–Kier alpha value is -3.04. The molecule has 0 N–H and O–H groups in total. The SMILES string of the molecule is Cc1sc2c(c1C)C(c1ccc(Cl)cc1)=N[C@@H](CC(=O)N1CCN(C=O)CC1)c1nnc(C)n1-2. The number of aryl methyl sites for hydroxylation is 2. The average molecular weight is 497 g/mol. The van der Waals surface area contributed by atoms with Gasteiger partial charge < -0.3 is 9.80 Å². The zero-order chi connectivity index (χ0) is 24.0. The molecule has 1 fully saturated rings. The molecule has 3 aromatic rings. The number of aromatic nitrogens is 3. The summed E-state index contributed by atoms with van der Waals surface area (Å²) in [5.74, 6) is 1.44. The van der Waals surface area contributed by atoms with Crippen LogP contribution in [0.1, 0.15) is 45.7 Å². The number of piperazine rings is 1. The molecule has 4 heterocycles. The largest absolute Gasteiger partial charge is 0.342 e. The van der Waals surface area contributed by atoms with Gasteiger partial charge in [0.15, 0.2) is 5.82 Å². The van der Waals surface area contributed by atoms with Gasteiger partial charge in [-0.1, -0.05) is 23.7 Å². The molecule has 2 aliphatic rings. The predicted molar refractivity (Wildman–Crippen MR) is 132 cm³/mol. The highest BCUT2D eigenvalue weighted by Gasteiger charge is 2.33. The van der Waals surface area contributed by atoms with Gasteiger partial charge in [0.1, 0.15) is 16.9 Å². The van der Waals surface area contributed by atoms with Gasteiger partial charge in [0.2, 0.25) is 12.3 Å². The van der Waals surface area contributed by atoms with Crippen molar-refractivity contribution >= 4 is 41.0 Å². The Morgan fingerprint density at radius 2 is 1.82 bits per heavy atom. The summed E-state index contributed by atoms with van der Waals surface area (Å²) in [4.78, 5) is 34.2. The molecule has 0 saturated carbocycles. The molecule has 1 aromatic carbocycles. The molecule has 176 valence electrons. The summed E-state index contributed by atoms with van der Waals surface area (Å²) in [5.41, 5.74) is 3.98. The van der Waals surface area contributed by atoms with Crippen molar-refractivity contribution in [3.63, 3.8) is 0 Å². The standard InChI is InChI=1S/C24H25ClN6O2S/c1-14-15(2)34-24-21(14)22(17-4-6-18(25)7-5-17)26-19(23-28-27-16(3)31(23)24)12-20(33)30-10-8-29(13-32)9-11-30/h4-7,13,19H,8-12H2,1-3H3/t19-/m0/s1. The summed E-state index contributed by atoms with van der Waals surface area (Å²) < 4.78 is 2.05. The minimum atomic E-state index is -0.484. The second kappa shape index (κ2) is 8.96. The van der Waals surface area contributed by atoms with Gasteiger partial charge in [0, 0.05) is 47.2 Å². The van der Waals surface area contributed by atoms with E-state index in [1.54, 1.807) is 21.1 Å². The van der Waals surface area contributed by atoms with Crippen molar-refractivity contribution in [2.24, 2.45) is 4.99 Å². The number of carbonyl (C=O) groups is 2. The van der Waals surface area contributed by atoms with E-state index in [0.29, 0.717) is 37.0 Å². The third kappa shape index (κ3) is 3.92. The van der Waals surface area contributed by atoms with Crippen molar-refractivity contribution in [3.8, 4) is 5.00 Å². The number of hydrogen-bond acceptors (Lipinski definition) is 6. The fourth-order valence-corrected chi connectivity index (χ4v) is 5.84. The van der Waals surface area contributed by atoms with E-state index in [0.717, 1.165) is 39.6 Å². The molecule has 5 rings (SSSR count). The summed E-state index contributed by atoms with van der Waals surface area (Å²) in [6, 6.07) is 7.16. The summed E-state index contributed by atoms with van der Waals surface area (Å²) in [5, 5.41) is 10.5. The lowest BCUT2D eigenvalue weighted by Gasteiger charge is -2.33. The van der Waals surface area contributed by atoms with Crippen LogP contribution < -0.4 is 0 Å². The molecular weight excluding hydrogens is 472 g/mol. The number of benzene rings is 1. The van der Waals surface area contributed by atoms with E-state index in [4.69, 9.17) is 16.6 Å². The smallest absolute Gasteiger partial charge is 0.225 e. The van der Waals surface area contributed by atoms with Crippen molar-refractivity contribution in [1.82, 2.24) is 24.6 Å². The topological polar surface area (TPSA) is 83.7 Å². The molecule has 2 aromatic heterocycles. The van der Waals surface area contributed by atoms with Gasteiger partial charge >= 0.3 is 0 Å². The number of rotatable bonds is 4. The van der Waals surface area contributed by atoms with Crippen LogP contribution in [0, 0.1) is 20.8 Å². The first kappa shape index (κ1) is 22.7. The fraction of sp³-hybridized carbons (Fsp3) is 0.375. The van der Waals surface area contributed by atoms with Crippen molar-refractivity contribution in [3.05, 3.63) is 62.5 Å². The lowest BCUT2D eigenvalue weighted by atomic mass is 9.99. The number of carbonyl (C=O) groups excluding carboxylic acids is 2. The molecule has 8 nitrogen and oxygen atoms in total. The average Bonchev–Trinajstić information content (AvgIpc) is 3.31. The Morgan fingerprint density at radius 1 is 1.12 bits per heavy atom. The van der Waals surface area contributed by atoms with Crippen molar-refractivity contribution in [2.75, 3.05) is 26.2 Å². The number of thiophene rings is 1. The summed E-state index contributed by atoms with van der Waals surface area (Å²) in [6.45, 7) is 8.27. The first-order valence-electron chi connectivity index (χ1n) is 11.2. The highest BCUT2D eigenvalue weighted by molar-refractivity contribution is 7.15. The Morgan fingerprint density at radius 3 is 2.50 bits per heavy atom. The number of aliphatic imine (C=N–C) groups is 1. The Balaban J connectivity index is 1.59. The lowest BCUT2D eigenvalue weighted by Crippen LogP contribution is -2.48. The molecule has 0 aliphatic carbocycles. The Bertz CT molecular complexity index is 1290. The molecule has 2 aliphatic heterocycles. The van der Waals surface area contributed by atoms with E-state index in [1.807, 2.05) is 31.2 Å². The van der Waals surface area contributed by atoms with Crippen LogP contribution in [0.15, 0.2) is 29.3 Å². The molecule has 0 spiro atoms. The molecule has 10 heteroatoms. The van der Waals surface area contributed by atoms with Gasteiger partial charge in [0.05, 0.1) is 12.1 Å². The summed E-state index contributed by atoms with van der Waals surface area (Å²) in [7, 11) is 0. The van der Waals surface area contributed by atoms with Crippen molar-refractivity contribution in [2.45, 2.75) is 33.2 Å². The van der Waals surface area contributed by atoms with Crippen LogP contribution in [0.4, 0.5) is 0 Å².